The van der Waals surface area contributed by atoms with Crippen molar-refractivity contribution in [3.8, 4) is 5.75 Å². The molecule has 1 aromatic carbocycles. The Balaban J connectivity index is 1.90. The number of aromatic hydroxyl groups is 1. The maximum atomic E-state index is 13.6. The summed E-state index contributed by atoms with van der Waals surface area (Å²) in [5.41, 5.74) is 1.41. The lowest BCUT2D eigenvalue weighted by molar-refractivity contribution is -0.109. The van der Waals surface area contributed by atoms with Gasteiger partial charge in [-0.1, -0.05) is 11.3 Å². The van der Waals surface area contributed by atoms with E-state index in [0.717, 1.165) is 55.3 Å². The van der Waals surface area contributed by atoms with Gasteiger partial charge in [0, 0.05) is 56.6 Å². The van der Waals surface area contributed by atoms with Gasteiger partial charge < -0.3 is 24.9 Å². The monoisotopic (exact) mass is 568 g/mol. The van der Waals surface area contributed by atoms with Crippen LogP contribution in [0.2, 0.25) is 0 Å². The maximum absolute atomic E-state index is 13.6. The van der Waals surface area contributed by atoms with Crippen LogP contribution >= 0.6 is 23.1 Å². The molecule has 0 bridgehead atoms. The van der Waals surface area contributed by atoms with E-state index in [1.54, 1.807) is 12.1 Å². The van der Waals surface area contributed by atoms with Crippen molar-refractivity contribution in [2.24, 2.45) is 4.99 Å². The summed E-state index contributed by atoms with van der Waals surface area (Å²) in [5, 5.41) is 32.5. The molecule has 0 saturated carbocycles. The molecule has 0 amide bonds. The Morgan fingerprint density at radius 1 is 0.872 bits per heavy atom. The summed E-state index contributed by atoms with van der Waals surface area (Å²) >= 11 is 2.70. The summed E-state index contributed by atoms with van der Waals surface area (Å²) < 4.78 is 0.519. The van der Waals surface area contributed by atoms with Gasteiger partial charge in [-0.25, -0.2) is 9.98 Å². The van der Waals surface area contributed by atoms with Crippen LogP contribution in [0.25, 0.3) is 16.1 Å². The zero-order valence-corrected chi connectivity index (χ0v) is 25.0. The smallest absolute Gasteiger partial charge is 0.202 e. The normalized spacial score (nSPS) is 17.9. The molecule has 1 aliphatic heterocycles. The van der Waals surface area contributed by atoms with E-state index < -0.39 is 0 Å². The highest BCUT2D eigenvalue weighted by Crippen LogP contribution is 2.41. The number of phenols is 1. The molecule has 0 radical (unpaired) electrons. The van der Waals surface area contributed by atoms with E-state index in [-0.39, 0.29) is 34.3 Å². The Kier molecular flexibility index (Phi) is 8.70. The van der Waals surface area contributed by atoms with Crippen LogP contribution < -0.4 is 19.7 Å². The predicted molar refractivity (Wildman–Crippen MR) is 164 cm³/mol. The number of hydrogen-bond acceptors (Lipinski definition) is 10. The van der Waals surface area contributed by atoms with Gasteiger partial charge in [0.05, 0.1) is 20.6 Å². The van der Waals surface area contributed by atoms with Crippen molar-refractivity contribution in [2.75, 3.05) is 49.1 Å². The SMILES string of the molecule is CCN(CC)C1=NC(=N)/C(=c2\nc(N(CC)CC)s\c2=C2\C(=O)C(c3ccc(N(CC)CC)cc3O)=C2O)S1. The third kappa shape index (κ3) is 5.05. The number of rotatable bonds is 9. The van der Waals surface area contributed by atoms with Crippen LogP contribution in [0.1, 0.15) is 47.1 Å². The van der Waals surface area contributed by atoms with Crippen molar-refractivity contribution in [3.63, 3.8) is 0 Å². The summed E-state index contributed by atoms with van der Waals surface area (Å²) in [7, 11) is 0. The lowest BCUT2D eigenvalue weighted by Crippen LogP contribution is -2.35. The molecule has 9 nitrogen and oxygen atoms in total. The first kappa shape index (κ1) is 28.7. The highest BCUT2D eigenvalue weighted by atomic mass is 32.2. The zero-order chi connectivity index (χ0) is 28.4. The lowest BCUT2D eigenvalue weighted by Gasteiger charge is -2.24. The summed E-state index contributed by atoms with van der Waals surface area (Å²) in [6.07, 6.45) is 0. The number of allylic oxidation sites excluding steroid dienone is 2. The van der Waals surface area contributed by atoms with E-state index in [1.807, 2.05) is 47.6 Å². The van der Waals surface area contributed by atoms with E-state index in [1.165, 1.54) is 23.1 Å². The fraction of sp³-hybridized carbons (Fsp3) is 0.429. The highest BCUT2D eigenvalue weighted by Gasteiger charge is 2.38. The fourth-order valence-corrected chi connectivity index (χ4v) is 7.14. The Bertz CT molecular complexity index is 1480. The van der Waals surface area contributed by atoms with Crippen LogP contribution in [0.3, 0.4) is 0 Å². The molecule has 0 spiro atoms. The van der Waals surface area contributed by atoms with Crippen molar-refractivity contribution < 1.29 is 15.0 Å². The first-order valence-corrected chi connectivity index (χ1v) is 15.0. The summed E-state index contributed by atoms with van der Waals surface area (Å²) in [6, 6.07) is 5.16. The molecule has 11 heteroatoms. The molecular formula is C28H36N6O3S2. The van der Waals surface area contributed by atoms with Crippen LogP contribution in [0.4, 0.5) is 10.8 Å². The van der Waals surface area contributed by atoms with Gasteiger partial charge in [0.2, 0.25) is 5.78 Å². The lowest BCUT2D eigenvalue weighted by atomic mass is 9.83. The topological polar surface area (TPSA) is 116 Å². The van der Waals surface area contributed by atoms with Crippen molar-refractivity contribution in [1.82, 2.24) is 9.88 Å². The standard InChI is InChI=1S/C28H36N6O3S2/c1-7-32(8-2)16-13-14-17(18(35)15-16)19-22(36)20(23(19)37)24-21(30-27(38-24)33(9-3)10-4)25-26(29)31-28(39-25)34(11-5)12-6/h13-15,29,35-36H,7-12H2,1-6H3/b24-20+,25-21+,29-26?. The quantitative estimate of drug-likeness (QED) is 0.419. The minimum absolute atomic E-state index is 0.0542. The average molecular weight is 569 g/mol. The van der Waals surface area contributed by atoms with Crippen LogP contribution in [0.15, 0.2) is 29.0 Å². The van der Waals surface area contributed by atoms with Crippen LogP contribution in [-0.2, 0) is 4.79 Å². The number of aliphatic hydroxyl groups is 1. The second-order valence-corrected chi connectivity index (χ2v) is 10.9. The Morgan fingerprint density at radius 3 is 2.03 bits per heavy atom. The summed E-state index contributed by atoms with van der Waals surface area (Å²) in [6.45, 7) is 16.8. The average Bonchev–Trinajstić information content (AvgIpc) is 3.51. The number of Topliss-reactive ketones (excluding diaryl/α,β-unsaturated/α-hetero) is 1. The van der Waals surface area contributed by atoms with Crippen molar-refractivity contribution in [2.45, 2.75) is 41.5 Å². The van der Waals surface area contributed by atoms with Gasteiger partial charge >= 0.3 is 0 Å². The molecule has 0 unspecified atom stereocenters. The number of aliphatic hydroxyl groups excluding tert-OH is 1. The number of carbonyl (C=O) groups is 1. The number of phenolic OH excluding ortho intramolecular Hbond substituents is 1. The number of aliphatic imine (C=N–C) groups is 1. The number of thiazole rings is 1. The van der Waals surface area contributed by atoms with Gasteiger partial charge in [-0.2, -0.15) is 0 Å². The number of ketones is 1. The van der Waals surface area contributed by atoms with Gasteiger partial charge in [0.1, 0.15) is 16.9 Å². The minimum Gasteiger partial charge on any atom is -0.507 e. The molecule has 39 heavy (non-hydrogen) atoms. The van der Waals surface area contributed by atoms with Gasteiger partial charge in [-0.3, -0.25) is 10.2 Å². The molecule has 208 valence electrons. The number of hydrogen-bond donors (Lipinski definition) is 3. The first-order chi connectivity index (χ1) is 18.7. The second kappa shape index (κ2) is 11.8. The van der Waals surface area contributed by atoms with Crippen LogP contribution in [0, 0.1) is 5.41 Å². The molecule has 3 N–H and O–H groups in total. The number of thioether (sulfide) groups is 1. The number of nitrogens with zero attached hydrogens (tertiary/aromatic N) is 5. The van der Waals surface area contributed by atoms with Gasteiger partial charge in [-0.15, -0.1) is 0 Å². The van der Waals surface area contributed by atoms with E-state index in [0.29, 0.717) is 20.4 Å². The Labute approximate surface area is 237 Å². The third-order valence-electron chi connectivity index (χ3n) is 7.05. The minimum atomic E-state index is -0.352. The van der Waals surface area contributed by atoms with E-state index in [4.69, 9.17) is 10.4 Å². The molecule has 2 aliphatic rings. The molecule has 1 aromatic heterocycles. The Hall–Kier alpha value is -3.31. The highest BCUT2D eigenvalue weighted by molar-refractivity contribution is 8.23. The fourth-order valence-electron chi connectivity index (χ4n) is 4.74. The maximum Gasteiger partial charge on any atom is 0.202 e. The number of nitrogens with one attached hydrogen (secondary N) is 1. The Morgan fingerprint density at radius 2 is 1.49 bits per heavy atom. The number of aromatic nitrogens is 1. The molecule has 0 fully saturated rings. The largest absolute Gasteiger partial charge is 0.507 e. The van der Waals surface area contributed by atoms with Crippen molar-refractivity contribution in [3.05, 3.63) is 39.4 Å². The summed E-state index contributed by atoms with van der Waals surface area (Å²) in [4.78, 5) is 29.7. The van der Waals surface area contributed by atoms with E-state index >= 15 is 0 Å². The predicted octanol–water partition coefficient (Wildman–Crippen LogP) is 3.77. The number of carbonyl (C=O) groups excluding carboxylic acids is 1. The van der Waals surface area contributed by atoms with E-state index in [2.05, 4.69) is 19.7 Å². The number of benzene rings is 1. The second-order valence-electron chi connectivity index (χ2n) is 8.99. The third-order valence-corrected chi connectivity index (χ3v) is 9.31. The van der Waals surface area contributed by atoms with Gasteiger partial charge in [0.15, 0.2) is 16.1 Å². The molecule has 2 aromatic rings. The molecular weight excluding hydrogens is 532 g/mol. The molecule has 0 atom stereocenters. The molecule has 2 heterocycles. The molecule has 0 saturated heterocycles. The number of anilines is 2. The molecule has 1 aliphatic carbocycles. The van der Waals surface area contributed by atoms with Crippen molar-refractivity contribution in [1.29, 1.82) is 5.41 Å². The van der Waals surface area contributed by atoms with E-state index in [9.17, 15) is 15.0 Å². The number of amidine groups is 2. The zero-order valence-electron chi connectivity index (χ0n) is 23.3. The molecule has 4 rings (SSSR count). The summed E-state index contributed by atoms with van der Waals surface area (Å²) in [5.74, 6) is -0.474. The van der Waals surface area contributed by atoms with Crippen LogP contribution in [-0.4, -0.2) is 76.2 Å². The van der Waals surface area contributed by atoms with Crippen molar-refractivity contribution >= 4 is 66.8 Å². The van der Waals surface area contributed by atoms with Crippen LogP contribution in [0.5, 0.6) is 5.75 Å². The van der Waals surface area contributed by atoms with Gasteiger partial charge in [-0.05, 0) is 65.4 Å². The van der Waals surface area contributed by atoms with Gasteiger partial charge in [0.25, 0.3) is 0 Å². The first-order valence-electron chi connectivity index (χ1n) is 13.4.